The first-order valence-corrected chi connectivity index (χ1v) is 9.73. The number of carbonyl (C=O) groups excluding carboxylic acids is 1. The molecule has 0 aliphatic carbocycles. The number of benzene rings is 1. The summed E-state index contributed by atoms with van der Waals surface area (Å²) in [5.41, 5.74) is 1.38. The van der Waals surface area contributed by atoms with Gasteiger partial charge in [0.2, 0.25) is 0 Å². The van der Waals surface area contributed by atoms with Crippen molar-refractivity contribution in [1.29, 1.82) is 0 Å². The van der Waals surface area contributed by atoms with Gasteiger partial charge in [0.25, 0.3) is 5.91 Å². The van der Waals surface area contributed by atoms with E-state index in [1.54, 1.807) is 11.6 Å². The molecule has 0 spiro atoms. The number of ether oxygens (including phenoxy) is 1. The molecule has 0 bridgehead atoms. The first-order valence-electron chi connectivity index (χ1n) is 8.24. The normalized spacial score (nSPS) is 17.8. The third-order valence-corrected chi connectivity index (χ3v) is 5.18. The van der Waals surface area contributed by atoms with E-state index in [1.807, 2.05) is 51.1 Å². The zero-order valence-electron chi connectivity index (χ0n) is 14.9. The minimum Gasteiger partial charge on any atom is -0.481 e. The van der Waals surface area contributed by atoms with E-state index in [0.717, 1.165) is 11.3 Å². The Morgan fingerprint density at radius 2 is 1.96 bits per heavy atom. The lowest BCUT2D eigenvalue weighted by Crippen LogP contribution is -2.33. The van der Waals surface area contributed by atoms with Gasteiger partial charge in [-0.05, 0) is 39.8 Å². The van der Waals surface area contributed by atoms with Crippen molar-refractivity contribution in [1.82, 2.24) is 9.78 Å². The number of para-hydroxylation sites is 1. The number of hydrogen-bond acceptors (Lipinski definition) is 4. The van der Waals surface area contributed by atoms with Gasteiger partial charge in [-0.3, -0.25) is 9.00 Å². The van der Waals surface area contributed by atoms with Gasteiger partial charge in [-0.2, -0.15) is 5.10 Å². The van der Waals surface area contributed by atoms with Crippen molar-refractivity contribution in [2.75, 3.05) is 5.32 Å². The van der Waals surface area contributed by atoms with E-state index < -0.39 is 16.9 Å². The van der Waals surface area contributed by atoms with Gasteiger partial charge in [-0.25, -0.2) is 4.68 Å². The quantitative estimate of drug-likeness (QED) is 0.909. The van der Waals surface area contributed by atoms with Gasteiger partial charge in [0.05, 0.1) is 22.7 Å². The van der Waals surface area contributed by atoms with E-state index in [1.165, 1.54) is 0 Å². The minimum atomic E-state index is -0.949. The molecule has 0 saturated heterocycles. The molecule has 1 aromatic heterocycles. The Bertz CT molecular complexity index is 809. The minimum absolute atomic E-state index is 0.255. The molecular formula is C18H23N3O3S. The van der Waals surface area contributed by atoms with Crippen LogP contribution in [0.25, 0.3) is 0 Å². The molecule has 1 aromatic carbocycles. The second kappa shape index (κ2) is 6.63. The number of hydrogen-bond donors (Lipinski definition) is 1. The van der Waals surface area contributed by atoms with Gasteiger partial charge in [0, 0.05) is 16.4 Å². The number of carbonyl (C=O) groups is 1. The lowest BCUT2D eigenvalue weighted by molar-refractivity contribution is -0.122. The van der Waals surface area contributed by atoms with Crippen molar-refractivity contribution in [2.45, 2.75) is 50.8 Å². The number of aromatic nitrogens is 2. The summed E-state index contributed by atoms with van der Waals surface area (Å²) < 4.78 is 19.4. The SMILES string of the molecule is CC(Oc1ccccc1)C(=O)Nc1c2c(nn1C(C)(C)C)CS(=O)C2. The highest BCUT2D eigenvalue weighted by molar-refractivity contribution is 7.83. The Labute approximate surface area is 150 Å². The molecule has 0 fully saturated rings. The number of nitrogens with zero attached hydrogens (tertiary/aromatic N) is 2. The van der Waals surface area contributed by atoms with E-state index in [-0.39, 0.29) is 11.4 Å². The van der Waals surface area contributed by atoms with Crippen LogP contribution in [-0.4, -0.2) is 26.0 Å². The Kier molecular flexibility index (Phi) is 4.69. The summed E-state index contributed by atoms with van der Waals surface area (Å²) >= 11 is 0. The monoisotopic (exact) mass is 361 g/mol. The van der Waals surface area contributed by atoms with Crippen molar-refractivity contribution in [3.05, 3.63) is 41.6 Å². The molecule has 25 heavy (non-hydrogen) atoms. The van der Waals surface area contributed by atoms with Crippen LogP contribution in [0.4, 0.5) is 5.82 Å². The lowest BCUT2D eigenvalue weighted by atomic mass is 10.1. The zero-order chi connectivity index (χ0) is 18.2. The summed E-state index contributed by atoms with van der Waals surface area (Å²) in [7, 11) is -0.949. The van der Waals surface area contributed by atoms with Crippen LogP contribution in [0.5, 0.6) is 5.75 Å². The molecule has 0 radical (unpaired) electrons. The first-order chi connectivity index (χ1) is 11.8. The molecule has 1 amide bonds. The number of anilines is 1. The van der Waals surface area contributed by atoms with Crippen LogP contribution in [0.15, 0.2) is 30.3 Å². The van der Waals surface area contributed by atoms with Crippen LogP contribution in [-0.2, 0) is 32.6 Å². The van der Waals surface area contributed by atoms with Crippen molar-refractivity contribution in [2.24, 2.45) is 0 Å². The molecular weight excluding hydrogens is 338 g/mol. The number of amides is 1. The average molecular weight is 361 g/mol. The molecule has 1 aliphatic heterocycles. The van der Waals surface area contributed by atoms with Crippen LogP contribution in [0.2, 0.25) is 0 Å². The smallest absolute Gasteiger partial charge is 0.266 e. The molecule has 2 aromatic rings. The van der Waals surface area contributed by atoms with Crippen LogP contribution >= 0.6 is 0 Å². The van der Waals surface area contributed by atoms with Gasteiger partial charge in [-0.15, -0.1) is 0 Å². The fourth-order valence-corrected chi connectivity index (χ4v) is 3.98. The van der Waals surface area contributed by atoms with Gasteiger partial charge in [-0.1, -0.05) is 18.2 Å². The first kappa shape index (κ1) is 17.7. The second-order valence-electron chi connectivity index (χ2n) is 7.15. The fourth-order valence-electron chi connectivity index (χ4n) is 2.72. The van der Waals surface area contributed by atoms with Gasteiger partial charge < -0.3 is 10.1 Å². The van der Waals surface area contributed by atoms with Crippen LogP contribution in [0.1, 0.15) is 39.0 Å². The van der Waals surface area contributed by atoms with Crippen molar-refractivity contribution < 1.29 is 13.7 Å². The zero-order valence-corrected chi connectivity index (χ0v) is 15.7. The maximum Gasteiger partial charge on any atom is 0.266 e. The Morgan fingerprint density at radius 3 is 2.60 bits per heavy atom. The molecule has 1 N–H and O–H groups in total. The molecule has 2 heterocycles. The van der Waals surface area contributed by atoms with Gasteiger partial charge in [0.1, 0.15) is 11.6 Å². The molecule has 7 heteroatoms. The Morgan fingerprint density at radius 1 is 1.28 bits per heavy atom. The summed E-state index contributed by atoms with van der Waals surface area (Å²) in [4.78, 5) is 12.6. The highest BCUT2D eigenvalue weighted by atomic mass is 32.2. The number of nitrogens with one attached hydrogen (secondary N) is 1. The molecule has 134 valence electrons. The fraction of sp³-hybridized carbons (Fsp3) is 0.444. The maximum absolute atomic E-state index is 12.6. The standard InChI is InChI=1S/C18H23N3O3S/c1-12(24-13-8-6-5-7-9-13)17(22)19-16-14-10-25(23)11-15(14)20-21(16)18(2,3)4/h5-9,12H,10-11H2,1-4H3,(H,19,22). The summed E-state index contributed by atoms with van der Waals surface area (Å²) in [6.07, 6.45) is -0.659. The number of rotatable bonds is 4. The van der Waals surface area contributed by atoms with Crippen molar-refractivity contribution in [3.63, 3.8) is 0 Å². The Hall–Kier alpha value is -2.15. The average Bonchev–Trinajstić information content (AvgIpc) is 3.05. The van der Waals surface area contributed by atoms with Crippen LogP contribution < -0.4 is 10.1 Å². The summed E-state index contributed by atoms with van der Waals surface area (Å²) in [5, 5.41) is 7.52. The second-order valence-corrected chi connectivity index (χ2v) is 8.60. The number of fused-ring (bicyclic) bond motifs is 1. The maximum atomic E-state index is 12.6. The van der Waals surface area contributed by atoms with Crippen LogP contribution in [0.3, 0.4) is 0 Å². The van der Waals surface area contributed by atoms with Crippen molar-refractivity contribution >= 4 is 22.5 Å². The van der Waals surface area contributed by atoms with Gasteiger partial charge >= 0.3 is 0 Å². The lowest BCUT2D eigenvalue weighted by Gasteiger charge is -2.24. The predicted molar refractivity (Wildman–Crippen MR) is 97.9 cm³/mol. The summed E-state index contributed by atoms with van der Waals surface area (Å²) in [5.74, 6) is 1.88. The highest BCUT2D eigenvalue weighted by Crippen LogP contribution is 2.33. The predicted octanol–water partition coefficient (Wildman–Crippen LogP) is 2.81. The van der Waals surface area contributed by atoms with E-state index in [2.05, 4.69) is 10.4 Å². The molecule has 6 nitrogen and oxygen atoms in total. The van der Waals surface area contributed by atoms with E-state index in [9.17, 15) is 9.00 Å². The summed E-state index contributed by atoms with van der Waals surface area (Å²) in [6, 6.07) is 9.23. The molecule has 2 atom stereocenters. The molecule has 3 rings (SSSR count). The Balaban J connectivity index is 1.82. The van der Waals surface area contributed by atoms with Crippen LogP contribution in [0, 0.1) is 0 Å². The third kappa shape index (κ3) is 3.76. The van der Waals surface area contributed by atoms with E-state index >= 15 is 0 Å². The molecule has 2 unspecified atom stereocenters. The topological polar surface area (TPSA) is 73.2 Å². The molecule has 0 saturated carbocycles. The largest absolute Gasteiger partial charge is 0.481 e. The summed E-state index contributed by atoms with van der Waals surface area (Å²) in [6.45, 7) is 7.77. The van der Waals surface area contributed by atoms with Gasteiger partial charge in [0.15, 0.2) is 6.10 Å². The third-order valence-electron chi connectivity index (χ3n) is 3.97. The van der Waals surface area contributed by atoms with Crippen molar-refractivity contribution in [3.8, 4) is 5.75 Å². The highest BCUT2D eigenvalue weighted by Gasteiger charge is 2.32. The van der Waals surface area contributed by atoms with E-state index in [4.69, 9.17) is 4.74 Å². The molecule has 1 aliphatic rings. The van der Waals surface area contributed by atoms with E-state index in [0.29, 0.717) is 23.1 Å².